The normalized spacial score (nSPS) is 19.3. The molecule has 11 heteroatoms. The lowest BCUT2D eigenvalue weighted by Crippen LogP contribution is -2.50. The molecule has 0 N–H and O–H groups in total. The van der Waals surface area contributed by atoms with E-state index in [1.807, 2.05) is 0 Å². The highest BCUT2D eigenvalue weighted by atomic mass is 32.2. The maximum Gasteiger partial charge on any atom is 0.262 e. The van der Waals surface area contributed by atoms with E-state index in [9.17, 15) is 13.2 Å². The summed E-state index contributed by atoms with van der Waals surface area (Å²) < 4.78 is 29.9. The van der Waals surface area contributed by atoms with Gasteiger partial charge in [0.1, 0.15) is 11.5 Å². The van der Waals surface area contributed by atoms with E-state index in [1.165, 1.54) is 10.5 Å². The number of hydrogen-bond acceptors (Lipinski definition) is 6. The molecule has 2 aliphatic heterocycles. The SMILES string of the molecule is Cc1nc(S(=O)(=O)N2CC(n3cc(CN4CCCC4=O)nn3)C2)cn1C. The summed E-state index contributed by atoms with van der Waals surface area (Å²) in [6, 6.07) is -0.0508. The molecule has 0 saturated carbocycles. The first-order chi connectivity index (χ1) is 12.3. The second-order valence-corrected chi connectivity index (χ2v) is 8.71. The van der Waals surface area contributed by atoms with Crippen LogP contribution in [-0.2, 0) is 28.4 Å². The molecule has 0 aromatic carbocycles. The van der Waals surface area contributed by atoms with Gasteiger partial charge in [0.25, 0.3) is 10.0 Å². The summed E-state index contributed by atoms with van der Waals surface area (Å²) in [4.78, 5) is 17.6. The quantitative estimate of drug-likeness (QED) is 0.705. The fourth-order valence-corrected chi connectivity index (χ4v) is 4.73. The molecular weight excluding hydrogens is 358 g/mol. The highest BCUT2D eigenvalue weighted by Crippen LogP contribution is 2.27. The summed E-state index contributed by atoms with van der Waals surface area (Å²) in [5.74, 6) is 0.796. The van der Waals surface area contributed by atoms with Crippen molar-refractivity contribution in [1.29, 1.82) is 0 Å². The Labute approximate surface area is 151 Å². The minimum Gasteiger partial charge on any atom is -0.337 e. The monoisotopic (exact) mass is 379 g/mol. The van der Waals surface area contributed by atoms with Gasteiger partial charge in [-0.05, 0) is 13.3 Å². The molecule has 2 saturated heterocycles. The van der Waals surface area contributed by atoms with Crippen molar-refractivity contribution in [2.75, 3.05) is 19.6 Å². The van der Waals surface area contributed by atoms with E-state index in [1.54, 1.807) is 34.3 Å². The number of imidazole rings is 1. The van der Waals surface area contributed by atoms with E-state index < -0.39 is 10.0 Å². The van der Waals surface area contributed by atoms with Crippen LogP contribution in [0.2, 0.25) is 0 Å². The minimum atomic E-state index is -3.58. The van der Waals surface area contributed by atoms with E-state index in [-0.39, 0.29) is 17.0 Å². The smallest absolute Gasteiger partial charge is 0.262 e. The van der Waals surface area contributed by atoms with Crippen LogP contribution < -0.4 is 0 Å². The van der Waals surface area contributed by atoms with Crippen LogP contribution in [0.3, 0.4) is 0 Å². The van der Waals surface area contributed by atoms with E-state index in [0.29, 0.717) is 31.9 Å². The number of aryl methyl sites for hydroxylation is 2. The van der Waals surface area contributed by atoms with Crippen LogP contribution in [0.5, 0.6) is 0 Å². The van der Waals surface area contributed by atoms with Gasteiger partial charge in [0.2, 0.25) is 5.91 Å². The molecule has 10 nitrogen and oxygen atoms in total. The molecule has 140 valence electrons. The molecule has 26 heavy (non-hydrogen) atoms. The van der Waals surface area contributed by atoms with Crippen LogP contribution in [0.15, 0.2) is 17.4 Å². The van der Waals surface area contributed by atoms with Crippen molar-refractivity contribution in [3.63, 3.8) is 0 Å². The maximum atomic E-state index is 12.6. The van der Waals surface area contributed by atoms with Crippen LogP contribution in [0.4, 0.5) is 0 Å². The molecule has 2 aromatic heterocycles. The van der Waals surface area contributed by atoms with E-state index in [0.717, 1.165) is 18.7 Å². The second kappa shape index (κ2) is 6.16. The number of nitrogens with zero attached hydrogens (tertiary/aromatic N) is 7. The predicted molar refractivity (Wildman–Crippen MR) is 90.4 cm³/mol. The predicted octanol–water partition coefficient (Wildman–Crippen LogP) is -0.312. The highest BCUT2D eigenvalue weighted by molar-refractivity contribution is 7.89. The van der Waals surface area contributed by atoms with E-state index in [2.05, 4.69) is 15.3 Å². The van der Waals surface area contributed by atoms with Crippen molar-refractivity contribution >= 4 is 15.9 Å². The molecule has 0 spiro atoms. The zero-order valence-electron chi connectivity index (χ0n) is 14.7. The highest BCUT2D eigenvalue weighted by Gasteiger charge is 2.39. The van der Waals surface area contributed by atoms with Gasteiger partial charge in [-0.2, -0.15) is 4.31 Å². The Bertz CT molecular complexity index is 923. The number of rotatable bonds is 5. The summed E-state index contributed by atoms with van der Waals surface area (Å²) >= 11 is 0. The topological polar surface area (TPSA) is 106 Å². The third-order valence-corrected chi connectivity index (χ3v) is 6.68. The molecule has 2 aliphatic rings. The fraction of sp³-hybridized carbons (Fsp3) is 0.600. The fourth-order valence-electron chi connectivity index (χ4n) is 3.19. The number of sulfonamides is 1. The molecule has 0 radical (unpaired) electrons. The van der Waals surface area contributed by atoms with E-state index in [4.69, 9.17) is 0 Å². The molecule has 4 heterocycles. The Morgan fingerprint density at radius 3 is 2.65 bits per heavy atom. The van der Waals surface area contributed by atoms with Gasteiger partial charge in [-0.25, -0.2) is 18.1 Å². The lowest BCUT2D eigenvalue weighted by Gasteiger charge is -2.37. The molecule has 0 aliphatic carbocycles. The zero-order chi connectivity index (χ0) is 18.5. The lowest BCUT2D eigenvalue weighted by molar-refractivity contribution is -0.128. The van der Waals surface area contributed by atoms with Gasteiger partial charge < -0.3 is 9.47 Å². The van der Waals surface area contributed by atoms with Crippen molar-refractivity contribution in [1.82, 2.24) is 33.8 Å². The molecule has 4 rings (SSSR count). The van der Waals surface area contributed by atoms with Gasteiger partial charge in [-0.3, -0.25) is 4.79 Å². The largest absolute Gasteiger partial charge is 0.337 e. The number of hydrogen-bond donors (Lipinski definition) is 0. The van der Waals surface area contributed by atoms with Crippen molar-refractivity contribution < 1.29 is 13.2 Å². The molecule has 2 aromatic rings. The Hall–Kier alpha value is -2.27. The van der Waals surface area contributed by atoms with Gasteiger partial charge >= 0.3 is 0 Å². The maximum absolute atomic E-state index is 12.6. The molecule has 2 fully saturated rings. The number of aromatic nitrogens is 5. The molecule has 0 bridgehead atoms. The minimum absolute atomic E-state index is 0.0508. The standard InChI is InChI=1S/C15H21N7O3S/c1-11-16-14(10-19(11)2)26(24,25)21-8-13(9-21)22-7-12(17-18-22)6-20-5-3-4-15(20)23/h7,10,13H,3-6,8-9H2,1-2H3. The summed E-state index contributed by atoms with van der Waals surface area (Å²) in [5, 5.41) is 8.29. The molecule has 0 atom stereocenters. The summed E-state index contributed by atoms with van der Waals surface area (Å²) in [6.45, 7) is 3.65. The van der Waals surface area contributed by atoms with Crippen molar-refractivity contribution in [3.8, 4) is 0 Å². The Morgan fingerprint density at radius 2 is 2.04 bits per heavy atom. The van der Waals surface area contributed by atoms with Crippen molar-refractivity contribution in [2.45, 2.75) is 37.4 Å². The zero-order valence-corrected chi connectivity index (χ0v) is 15.6. The Balaban J connectivity index is 1.39. The van der Waals surface area contributed by atoms with Crippen molar-refractivity contribution in [2.24, 2.45) is 7.05 Å². The Morgan fingerprint density at radius 1 is 1.27 bits per heavy atom. The number of carbonyl (C=O) groups excluding carboxylic acids is 1. The van der Waals surface area contributed by atoms with Gasteiger partial charge in [-0.1, -0.05) is 5.21 Å². The summed E-state index contributed by atoms with van der Waals surface area (Å²) in [5.41, 5.74) is 0.724. The third kappa shape index (κ3) is 2.90. The van der Waals surface area contributed by atoms with E-state index >= 15 is 0 Å². The lowest BCUT2D eigenvalue weighted by atomic mass is 10.2. The van der Waals surface area contributed by atoms with Crippen LogP contribution in [0.25, 0.3) is 0 Å². The van der Waals surface area contributed by atoms with Gasteiger partial charge in [0.15, 0.2) is 5.03 Å². The number of amides is 1. The number of likely N-dealkylation sites (tertiary alicyclic amines) is 1. The van der Waals surface area contributed by atoms with Crippen LogP contribution in [-0.4, -0.2) is 67.7 Å². The summed E-state index contributed by atoms with van der Waals surface area (Å²) in [6.07, 6.45) is 4.80. The first-order valence-corrected chi connectivity index (χ1v) is 9.97. The van der Waals surface area contributed by atoms with Crippen molar-refractivity contribution in [3.05, 3.63) is 23.9 Å². The van der Waals surface area contributed by atoms with Crippen LogP contribution in [0, 0.1) is 6.92 Å². The first-order valence-electron chi connectivity index (χ1n) is 8.53. The average molecular weight is 379 g/mol. The van der Waals surface area contributed by atoms with Crippen LogP contribution >= 0.6 is 0 Å². The summed E-state index contributed by atoms with van der Waals surface area (Å²) in [7, 11) is -1.81. The van der Waals surface area contributed by atoms with Gasteiger partial charge in [0, 0.05) is 39.3 Å². The van der Waals surface area contributed by atoms with Gasteiger partial charge in [0.05, 0.1) is 18.8 Å². The van der Waals surface area contributed by atoms with Gasteiger partial charge in [-0.15, -0.1) is 5.10 Å². The molecule has 0 unspecified atom stereocenters. The Kier molecular flexibility index (Phi) is 4.07. The van der Waals surface area contributed by atoms with Crippen LogP contribution in [0.1, 0.15) is 30.4 Å². The number of carbonyl (C=O) groups is 1. The average Bonchev–Trinajstić information content (AvgIpc) is 3.22. The third-order valence-electron chi connectivity index (χ3n) is 4.98. The second-order valence-electron chi connectivity index (χ2n) is 6.82. The first kappa shape index (κ1) is 17.2. The molecular formula is C15H21N7O3S. The molecule has 1 amide bonds.